The topological polar surface area (TPSA) is 69.0 Å². The standard InChI is InChI=1S/C18H20N4O2/c1-13(14(2)22-12-19-11-20-22)21-18(23)10-24-17-8-7-15-5-3-4-6-16(15)9-17/h3-9,11-14H,10H2,1-2H3,(H,21,23)/t13-,14+/m1/s1. The lowest BCUT2D eigenvalue weighted by atomic mass is 10.1. The van der Waals surface area contributed by atoms with Crippen molar-refractivity contribution >= 4 is 16.7 Å². The molecule has 0 unspecified atom stereocenters. The summed E-state index contributed by atoms with van der Waals surface area (Å²) in [6.07, 6.45) is 3.12. The molecule has 1 aromatic heterocycles. The lowest BCUT2D eigenvalue weighted by molar-refractivity contribution is -0.124. The van der Waals surface area contributed by atoms with Crippen molar-refractivity contribution in [3.63, 3.8) is 0 Å². The van der Waals surface area contributed by atoms with Crippen LogP contribution >= 0.6 is 0 Å². The summed E-state index contributed by atoms with van der Waals surface area (Å²) in [4.78, 5) is 16.0. The third-order valence-corrected chi connectivity index (χ3v) is 4.06. The SMILES string of the molecule is C[C@@H](NC(=O)COc1ccc2ccccc2c1)[C@H](C)n1cncn1. The number of hydrogen-bond donors (Lipinski definition) is 1. The zero-order valence-electron chi connectivity index (χ0n) is 13.7. The van der Waals surface area contributed by atoms with Crippen LogP contribution in [0.15, 0.2) is 55.1 Å². The third kappa shape index (κ3) is 3.71. The molecule has 0 saturated heterocycles. The Balaban J connectivity index is 1.54. The van der Waals surface area contributed by atoms with Crippen molar-refractivity contribution in [1.29, 1.82) is 0 Å². The Hall–Kier alpha value is -2.89. The molecule has 1 N–H and O–H groups in total. The van der Waals surface area contributed by atoms with Crippen LogP contribution in [0.1, 0.15) is 19.9 Å². The summed E-state index contributed by atoms with van der Waals surface area (Å²) in [5.41, 5.74) is 0. The zero-order valence-corrected chi connectivity index (χ0v) is 13.7. The molecule has 124 valence electrons. The Kier molecular flexibility index (Phi) is 4.74. The van der Waals surface area contributed by atoms with Gasteiger partial charge >= 0.3 is 0 Å². The molecule has 1 heterocycles. The molecular formula is C18H20N4O2. The van der Waals surface area contributed by atoms with Crippen molar-refractivity contribution in [2.75, 3.05) is 6.61 Å². The van der Waals surface area contributed by atoms with Crippen molar-refractivity contribution < 1.29 is 9.53 Å². The molecule has 6 nitrogen and oxygen atoms in total. The van der Waals surface area contributed by atoms with E-state index in [4.69, 9.17) is 4.74 Å². The van der Waals surface area contributed by atoms with Gasteiger partial charge in [-0.05, 0) is 36.8 Å². The van der Waals surface area contributed by atoms with Crippen LogP contribution in [0.5, 0.6) is 5.75 Å². The van der Waals surface area contributed by atoms with Crippen molar-refractivity contribution in [2.24, 2.45) is 0 Å². The second kappa shape index (κ2) is 7.12. The van der Waals surface area contributed by atoms with E-state index in [1.54, 1.807) is 11.0 Å². The van der Waals surface area contributed by atoms with E-state index >= 15 is 0 Å². The van der Waals surface area contributed by atoms with E-state index in [1.165, 1.54) is 6.33 Å². The maximum absolute atomic E-state index is 12.1. The number of carbonyl (C=O) groups excluding carboxylic acids is 1. The maximum atomic E-state index is 12.1. The van der Waals surface area contributed by atoms with Crippen LogP contribution in [-0.4, -0.2) is 33.3 Å². The summed E-state index contributed by atoms with van der Waals surface area (Å²) >= 11 is 0. The molecule has 2 aromatic carbocycles. The van der Waals surface area contributed by atoms with Gasteiger partial charge in [-0.25, -0.2) is 9.67 Å². The highest BCUT2D eigenvalue weighted by Crippen LogP contribution is 2.20. The first kappa shape index (κ1) is 16.0. The Labute approximate surface area is 140 Å². The van der Waals surface area contributed by atoms with Gasteiger partial charge in [0, 0.05) is 6.04 Å². The first-order chi connectivity index (χ1) is 11.6. The van der Waals surface area contributed by atoms with Crippen molar-refractivity contribution in [2.45, 2.75) is 25.9 Å². The molecule has 0 spiro atoms. The fraction of sp³-hybridized carbons (Fsp3) is 0.278. The van der Waals surface area contributed by atoms with Crippen molar-refractivity contribution in [3.8, 4) is 5.75 Å². The van der Waals surface area contributed by atoms with Gasteiger partial charge in [-0.2, -0.15) is 5.10 Å². The second-order valence-electron chi connectivity index (χ2n) is 5.77. The number of benzene rings is 2. The molecule has 0 aliphatic carbocycles. The van der Waals surface area contributed by atoms with E-state index in [-0.39, 0.29) is 24.6 Å². The van der Waals surface area contributed by atoms with Crippen LogP contribution in [0.2, 0.25) is 0 Å². The Bertz CT molecular complexity index is 817. The van der Waals surface area contributed by atoms with Crippen LogP contribution in [-0.2, 0) is 4.79 Å². The molecule has 24 heavy (non-hydrogen) atoms. The molecule has 0 aliphatic heterocycles. The number of aromatic nitrogens is 3. The Morgan fingerprint density at radius 1 is 1.21 bits per heavy atom. The quantitative estimate of drug-likeness (QED) is 0.756. The molecule has 2 atom stereocenters. The summed E-state index contributed by atoms with van der Waals surface area (Å²) in [5, 5.41) is 9.24. The van der Waals surface area contributed by atoms with Gasteiger partial charge in [0.15, 0.2) is 6.61 Å². The summed E-state index contributed by atoms with van der Waals surface area (Å²) < 4.78 is 7.32. The van der Waals surface area contributed by atoms with Gasteiger partial charge in [0.05, 0.1) is 6.04 Å². The number of nitrogens with zero attached hydrogens (tertiary/aromatic N) is 3. The molecular weight excluding hydrogens is 304 g/mol. The van der Waals surface area contributed by atoms with Gasteiger partial charge in [-0.1, -0.05) is 30.3 Å². The number of carbonyl (C=O) groups is 1. The van der Waals surface area contributed by atoms with E-state index in [1.807, 2.05) is 56.3 Å². The lowest BCUT2D eigenvalue weighted by Crippen LogP contribution is -2.40. The summed E-state index contributed by atoms with van der Waals surface area (Å²) in [6.45, 7) is 3.89. The summed E-state index contributed by atoms with van der Waals surface area (Å²) in [6, 6.07) is 13.7. The fourth-order valence-corrected chi connectivity index (χ4v) is 2.48. The molecule has 0 fully saturated rings. The van der Waals surface area contributed by atoms with Gasteiger partial charge in [-0.15, -0.1) is 0 Å². The number of ether oxygens (including phenoxy) is 1. The first-order valence-electron chi connectivity index (χ1n) is 7.88. The second-order valence-corrected chi connectivity index (χ2v) is 5.77. The van der Waals surface area contributed by atoms with Crippen molar-refractivity contribution in [1.82, 2.24) is 20.1 Å². The van der Waals surface area contributed by atoms with Crippen LogP contribution in [0, 0.1) is 0 Å². The van der Waals surface area contributed by atoms with Crippen LogP contribution in [0.25, 0.3) is 10.8 Å². The molecule has 3 rings (SSSR count). The molecule has 0 bridgehead atoms. The summed E-state index contributed by atoms with van der Waals surface area (Å²) in [5.74, 6) is 0.517. The number of amides is 1. The number of rotatable bonds is 6. The van der Waals surface area contributed by atoms with Crippen LogP contribution in [0.4, 0.5) is 0 Å². The van der Waals surface area contributed by atoms with Gasteiger partial charge < -0.3 is 10.1 Å². The molecule has 3 aromatic rings. The van der Waals surface area contributed by atoms with Gasteiger partial charge in [0.1, 0.15) is 18.4 Å². The van der Waals surface area contributed by atoms with Crippen LogP contribution < -0.4 is 10.1 Å². The van der Waals surface area contributed by atoms with Crippen LogP contribution in [0.3, 0.4) is 0 Å². The van der Waals surface area contributed by atoms with E-state index in [9.17, 15) is 4.79 Å². The predicted molar refractivity (Wildman–Crippen MR) is 91.8 cm³/mol. The molecule has 0 saturated carbocycles. The number of fused-ring (bicyclic) bond motifs is 1. The Morgan fingerprint density at radius 3 is 2.75 bits per heavy atom. The molecule has 0 aliphatic rings. The minimum Gasteiger partial charge on any atom is -0.484 e. The highest BCUT2D eigenvalue weighted by atomic mass is 16.5. The van der Waals surface area contributed by atoms with Crippen molar-refractivity contribution in [3.05, 3.63) is 55.1 Å². The highest BCUT2D eigenvalue weighted by Gasteiger charge is 2.17. The lowest BCUT2D eigenvalue weighted by Gasteiger charge is -2.21. The minimum absolute atomic E-state index is 0.0112. The van der Waals surface area contributed by atoms with Gasteiger partial charge in [0.2, 0.25) is 0 Å². The fourth-order valence-electron chi connectivity index (χ4n) is 2.48. The molecule has 6 heteroatoms. The van der Waals surface area contributed by atoms with E-state index in [0.717, 1.165) is 10.8 Å². The highest BCUT2D eigenvalue weighted by molar-refractivity contribution is 5.84. The average molecular weight is 324 g/mol. The summed E-state index contributed by atoms with van der Waals surface area (Å²) in [7, 11) is 0. The minimum atomic E-state index is -0.164. The molecule has 0 radical (unpaired) electrons. The largest absolute Gasteiger partial charge is 0.484 e. The predicted octanol–water partition coefficient (Wildman–Crippen LogP) is 2.58. The number of nitrogens with one attached hydrogen (secondary N) is 1. The van der Waals surface area contributed by atoms with E-state index < -0.39 is 0 Å². The first-order valence-corrected chi connectivity index (χ1v) is 7.88. The Morgan fingerprint density at radius 2 is 2.00 bits per heavy atom. The average Bonchev–Trinajstić information content (AvgIpc) is 3.13. The van der Waals surface area contributed by atoms with E-state index in [2.05, 4.69) is 15.4 Å². The van der Waals surface area contributed by atoms with E-state index in [0.29, 0.717) is 5.75 Å². The monoisotopic (exact) mass is 324 g/mol. The van der Waals surface area contributed by atoms with Gasteiger partial charge in [-0.3, -0.25) is 4.79 Å². The van der Waals surface area contributed by atoms with Gasteiger partial charge in [0.25, 0.3) is 5.91 Å². The zero-order chi connectivity index (χ0) is 16.9. The normalized spacial score (nSPS) is 13.4. The number of hydrogen-bond acceptors (Lipinski definition) is 4. The smallest absolute Gasteiger partial charge is 0.258 e. The molecule has 1 amide bonds. The third-order valence-electron chi connectivity index (χ3n) is 4.06. The maximum Gasteiger partial charge on any atom is 0.258 e.